The minimum atomic E-state index is -0.323. The number of nitrogens with zero attached hydrogens (tertiary/aromatic N) is 1. The van der Waals surface area contributed by atoms with Gasteiger partial charge in [-0.1, -0.05) is 6.07 Å². The summed E-state index contributed by atoms with van der Waals surface area (Å²) in [6, 6.07) is 8.76. The van der Waals surface area contributed by atoms with Crippen LogP contribution in [0.1, 0.15) is 32.6 Å². The topological polar surface area (TPSA) is 94.3 Å². The number of ether oxygens (including phenoxy) is 1. The lowest BCUT2D eigenvalue weighted by molar-refractivity contribution is 0.101. The Balaban J connectivity index is 1.99. The molecule has 0 radical (unpaired) electrons. The highest BCUT2D eigenvalue weighted by Gasteiger charge is 2.19. The number of fused-ring (bicyclic) bond motifs is 1. The number of methoxy groups -OCH3 is 1. The number of carbonyl (C=O) groups is 2. The highest BCUT2D eigenvalue weighted by molar-refractivity contribution is 7.21. The number of aryl methyl sites for hydroxylation is 1. The van der Waals surface area contributed by atoms with E-state index >= 15 is 0 Å². The molecule has 3 rings (SSSR count). The summed E-state index contributed by atoms with van der Waals surface area (Å²) in [6.07, 6.45) is 0. The third-order valence-corrected chi connectivity index (χ3v) is 4.94. The van der Waals surface area contributed by atoms with Crippen molar-refractivity contribution in [2.45, 2.75) is 13.8 Å². The van der Waals surface area contributed by atoms with E-state index in [1.54, 1.807) is 44.4 Å². The van der Waals surface area contributed by atoms with Crippen molar-refractivity contribution < 1.29 is 14.3 Å². The molecule has 0 spiro atoms. The van der Waals surface area contributed by atoms with E-state index in [2.05, 4.69) is 10.3 Å². The van der Waals surface area contributed by atoms with Crippen LogP contribution in [0.4, 0.5) is 11.4 Å². The maximum Gasteiger partial charge on any atom is 0.267 e. The van der Waals surface area contributed by atoms with Crippen LogP contribution in [-0.2, 0) is 0 Å². The Kier molecular flexibility index (Phi) is 4.41. The van der Waals surface area contributed by atoms with E-state index in [-0.39, 0.29) is 11.7 Å². The summed E-state index contributed by atoms with van der Waals surface area (Å²) in [5.74, 6) is 0.237. The molecule has 0 aliphatic rings. The number of nitrogens with one attached hydrogen (secondary N) is 1. The van der Waals surface area contributed by atoms with Crippen LogP contribution in [0, 0.1) is 6.92 Å². The highest BCUT2D eigenvalue weighted by Crippen LogP contribution is 2.34. The number of thiophene rings is 1. The van der Waals surface area contributed by atoms with E-state index in [1.807, 2.05) is 0 Å². The molecule has 128 valence electrons. The molecular weight excluding hydrogens is 338 g/mol. The van der Waals surface area contributed by atoms with Crippen LogP contribution in [0.25, 0.3) is 10.2 Å². The van der Waals surface area contributed by atoms with Gasteiger partial charge in [-0.05, 0) is 32.0 Å². The van der Waals surface area contributed by atoms with Gasteiger partial charge in [-0.3, -0.25) is 9.59 Å². The molecule has 0 unspecified atom stereocenters. The minimum absolute atomic E-state index is 0.0834. The SMILES string of the molecule is COc1cccc(NC(=O)c2sc3nc(C)c(C(C)=O)cc3c2N)c1. The van der Waals surface area contributed by atoms with Gasteiger partial charge in [0.2, 0.25) is 0 Å². The number of rotatable bonds is 4. The first-order valence-corrected chi connectivity index (χ1v) is 8.38. The second-order valence-corrected chi connectivity index (χ2v) is 6.56. The number of amides is 1. The van der Waals surface area contributed by atoms with Crippen molar-refractivity contribution in [3.05, 3.63) is 46.5 Å². The average Bonchev–Trinajstić information content (AvgIpc) is 2.90. The molecule has 0 aliphatic carbocycles. The molecule has 25 heavy (non-hydrogen) atoms. The number of pyridine rings is 1. The Bertz CT molecular complexity index is 995. The Morgan fingerprint density at radius 1 is 1.28 bits per heavy atom. The molecule has 0 aliphatic heterocycles. The third kappa shape index (κ3) is 3.18. The summed E-state index contributed by atoms with van der Waals surface area (Å²) < 4.78 is 5.15. The van der Waals surface area contributed by atoms with Crippen molar-refractivity contribution in [1.29, 1.82) is 0 Å². The third-order valence-electron chi connectivity index (χ3n) is 3.82. The zero-order valence-electron chi connectivity index (χ0n) is 14.0. The number of hydrogen-bond donors (Lipinski definition) is 2. The van der Waals surface area contributed by atoms with Crippen molar-refractivity contribution in [3.8, 4) is 5.75 Å². The quantitative estimate of drug-likeness (QED) is 0.697. The number of aromatic nitrogens is 1. The molecule has 7 heteroatoms. The molecule has 3 N–H and O–H groups in total. The number of carbonyl (C=O) groups excluding carboxylic acids is 2. The first kappa shape index (κ1) is 16.9. The van der Waals surface area contributed by atoms with E-state index in [0.717, 1.165) is 0 Å². The number of nitrogen functional groups attached to an aromatic ring is 1. The molecule has 1 aromatic carbocycles. The van der Waals surface area contributed by atoms with Crippen LogP contribution in [0.5, 0.6) is 5.75 Å². The smallest absolute Gasteiger partial charge is 0.267 e. The summed E-state index contributed by atoms with van der Waals surface area (Å²) >= 11 is 1.21. The maximum absolute atomic E-state index is 12.6. The van der Waals surface area contributed by atoms with Crippen LogP contribution >= 0.6 is 11.3 Å². The molecular formula is C18H17N3O3S. The Hall–Kier alpha value is -2.93. The van der Waals surface area contributed by atoms with Crippen LogP contribution in [0.15, 0.2) is 30.3 Å². The lowest BCUT2D eigenvalue weighted by atomic mass is 10.1. The van der Waals surface area contributed by atoms with Gasteiger partial charge in [0.05, 0.1) is 12.8 Å². The number of ketones is 1. The van der Waals surface area contributed by atoms with Gasteiger partial charge in [0.15, 0.2) is 5.78 Å². The molecule has 3 aromatic rings. The van der Waals surface area contributed by atoms with Crippen molar-refractivity contribution >= 4 is 44.6 Å². The lowest BCUT2D eigenvalue weighted by Gasteiger charge is -2.06. The van der Waals surface area contributed by atoms with Crippen molar-refractivity contribution in [3.63, 3.8) is 0 Å². The number of Topliss-reactive ketones (excluding diaryl/α,β-unsaturated/α-hetero) is 1. The van der Waals surface area contributed by atoms with Gasteiger partial charge >= 0.3 is 0 Å². The van der Waals surface area contributed by atoms with Crippen LogP contribution in [0.3, 0.4) is 0 Å². The van der Waals surface area contributed by atoms with Crippen molar-refractivity contribution in [2.24, 2.45) is 0 Å². The van der Waals surface area contributed by atoms with Gasteiger partial charge in [0, 0.05) is 28.4 Å². The van der Waals surface area contributed by atoms with Gasteiger partial charge < -0.3 is 15.8 Å². The van der Waals surface area contributed by atoms with Crippen LogP contribution in [0.2, 0.25) is 0 Å². The number of anilines is 2. The predicted molar refractivity (Wildman–Crippen MR) is 99.7 cm³/mol. The predicted octanol–water partition coefficient (Wildman–Crippen LogP) is 3.65. The fourth-order valence-corrected chi connectivity index (χ4v) is 3.56. The molecule has 0 saturated heterocycles. The van der Waals surface area contributed by atoms with E-state index in [9.17, 15) is 9.59 Å². The fraction of sp³-hybridized carbons (Fsp3) is 0.167. The van der Waals surface area contributed by atoms with E-state index in [4.69, 9.17) is 10.5 Å². The maximum atomic E-state index is 12.6. The van der Waals surface area contributed by atoms with Gasteiger partial charge in [-0.2, -0.15) is 0 Å². The zero-order valence-corrected chi connectivity index (χ0v) is 14.9. The second-order valence-electron chi connectivity index (χ2n) is 5.56. The Morgan fingerprint density at radius 3 is 2.72 bits per heavy atom. The lowest BCUT2D eigenvalue weighted by Crippen LogP contribution is -2.11. The first-order chi connectivity index (χ1) is 11.9. The molecule has 2 heterocycles. The van der Waals surface area contributed by atoms with Crippen LogP contribution < -0.4 is 15.8 Å². The van der Waals surface area contributed by atoms with Crippen LogP contribution in [-0.4, -0.2) is 23.8 Å². The van der Waals surface area contributed by atoms with E-state index in [0.29, 0.717) is 43.5 Å². The molecule has 2 aromatic heterocycles. The largest absolute Gasteiger partial charge is 0.497 e. The number of nitrogens with two attached hydrogens (primary N) is 1. The highest BCUT2D eigenvalue weighted by atomic mass is 32.1. The Morgan fingerprint density at radius 2 is 2.04 bits per heavy atom. The number of hydrogen-bond acceptors (Lipinski definition) is 6. The van der Waals surface area contributed by atoms with E-state index < -0.39 is 0 Å². The molecule has 0 atom stereocenters. The average molecular weight is 355 g/mol. The summed E-state index contributed by atoms with van der Waals surface area (Å²) in [7, 11) is 1.56. The normalized spacial score (nSPS) is 10.7. The minimum Gasteiger partial charge on any atom is -0.497 e. The molecule has 0 bridgehead atoms. The van der Waals surface area contributed by atoms with E-state index in [1.165, 1.54) is 18.3 Å². The Labute approximate surface area is 148 Å². The monoisotopic (exact) mass is 355 g/mol. The summed E-state index contributed by atoms with van der Waals surface area (Å²) in [5.41, 5.74) is 8.21. The number of benzene rings is 1. The first-order valence-electron chi connectivity index (χ1n) is 7.56. The summed E-state index contributed by atoms with van der Waals surface area (Å²) in [4.78, 5) is 29.7. The van der Waals surface area contributed by atoms with Gasteiger partial charge in [0.25, 0.3) is 5.91 Å². The second kappa shape index (κ2) is 6.52. The molecule has 0 saturated carbocycles. The van der Waals surface area contributed by atoms with Gasteiger partial charge in [-0.15, -0.1) is 11.3 Å². The standard InChI is InChI=1S/C18H17N3O3S/c1-9-13(10(2)22)8-14-15(19)16(25-18(14)20-9)17(23)21-11-5-4-6-12(7-11)24-3/h4-8H,19H2,1-3H3,(H,21,23). The van der Waals surface area contributed by atoms with Crippen molar-refractivity contribution in [2.75, 3.05) is 18.2 Å². The fourth-order valence-electron chi connectivity index (χ4n) is 2.54. The molecule has 1 amide bonds. The van der Waals surface area contributed by atoms with Gasteiger partial charge in [-0.25, -0.2) is 4.98 Å². The zero-order chi connectivity index (χ0) is 18.1. The van der Waals surface area contributed by atoms with Gasteiger partial charge in [0.1, 0.15) is 15.5 Å². The summed E-state index contributed by atoms with van der Waals surface area (Å²) in [6.45, 7) is 3.25. The molecule has 6 nitrogen and oxygen atoms in total. The van der Waals surface area contributed by atoms with Crippen molar-refractivity contribution in [1.82, 2.24) is 4.98 Å². The summed E-state index contributed by atoms with van der Waals surface area (Å²) in [5, 5.41) is 3.43. The molecule has 0 fully saturated rings.